The van der Waals surface area contributed by atoms with E-state index in [1.807, 2.05) is 0 Å². The van der Waals surface area contributed by atoms with Crippen molar-refractivity contribution in [2.75, 3.05) is 0 Å². The molecule has 0 spiro atoms. The lowest BCUT2D eigenvalue weighted by Crippen LogP contribution is -2.63. The quantitative estimate of drug-likeness (QED) is 0.445. The van der Waals surface area contributed by atoms with Crippen LogP contribution in [0.15, 0.2) is 42.6 Å². The Balaban J connectivity index is 2.13. The SMILES string of the molecule is CC(C)(C)C1(Cc2cccc(OC(F)(F)C(F)F)c2)C(c2ccc(F)nc2)OC(=O)N1C(=O)[O-]. The lowest BCUT2D eigenvalue weighted by Gasteiger charge is -2.48. The van der Waals surface area contributed by atoms with Crippen LogP contribution in [0.4, 0.5) is 31.5 Å². The lowest BCUT2D eigenvalue weighted by atomic mass is 9.65. The number of carbonyl (C=O) groups is 2. The van der Waals surface area contributed by atoms with Gasteiger partial charge in [0.25, 0.3) is 0 Å². The number of cyclic esters (lactones) is 1. The molecule has 2 amide bonds. The summed E-state index contributed by atoms with van der Waals surface area (Å²) < 4.78 is 74.8. The molecule has 1 aliphatic rings. The van der Waals surface area contributed by atoms with Gasteiger partial charge >= 0.3 is 18.6 Å². The van der Waals surface area contributed by atoms with E-state index in [1.54, 1.807) is 20.8 Å². The smallest absolute Gasteiger partial charge is 0.461 e. The van der Waals surface area contributed by atoms with Crippen molar-refractivity contribution in [1.29, 1.82) is 0 Å². The number of hydrogen-bond donors (Lipinski definition) is 0. The number of carboxylic acid groups (broad SMARTS) is 1. The van der Waals surface area contributed by atoms with Crippen LogP contribution in [-0.2, 0) is 11.2 Å². The van der Waals surface area contributed by atoms with E-state index in [4.69, 9.17) is 4.74 Å². The van der Waals surface area contributed by atoms with Gasteiger partial charge in [-0.1, -0.05) is 32.9 Å². The Labute approximate surface area is 191 Å². The number of alkyl halides is 4. The highest BCUT2D eigenvalue weighted by Gasteiger charge is 2.62. The molecule has 184 valence electrons. The fraction of sp³-hybridized carbons (Fsp3) is 0.409. The van der Waals surface area contributed by atoms with Gasteiger partial charge in [0.1, 0.15) is 17.4 Å². The zero-order valence-corrected chi connectivity index (χ0v) is 18.2. The van der Waals surface area contributed by atoms with Gasteiger partial charge in [0, 0.05) is 18.2 Å². The van der Waals surface area contributed by atoms with Gasteiger partial charge in [0.2, 0.25) is 5.95 Å². The number of ether oxygens (including phenoxy) is 2. The van der Waals surface area contributed by atoms with Crippen molar-refractivity contribution >= 4 is 12.2 Å². The van der Waals surface area contributed by atoms with Crippen molar-refractivity contribution < 1.29 is 46.1 Å². The molecule has 2 heterocycles. The standard InChI is InChI=1S/C22H21F5N2O5/c1-20(2,3)21(10-12-5-4-6-14(9-12)34-22(26,27)17(24)25)16(13-7-8-15(23)28-11-13)33-19(32)29(21)18(30)31/h4-9,11,16-17H,10H2,1-3H3,(H,30,31)/p-1. The molecule has 12 heteroatoms. The first-order valence-electron chi connectivity index (χ1n) is 9.96. The number of pyridine rings is 1. The Morgan fingerprint density at radius 2 is 1.94 bits per heavy atom. The van der Waals surface area contributed by atoms with Gasteiger partial charge < -0.3 is 19.4 Å². The van der Waals surface area contributed by atoms with Crippen LogP contribution < -0.4 is 9.84 Å². The molecule has 0 saturated carbocycles. The lowest BCUT2D eigenvalue weighted by molar-refractivity contribution is -0.268. The number of aromatic nitrogens is 1. The molecule has 7 nitrogen and oxygen atoms in total. The van der Waals surface area contributed by atoms with Crippen LogP contribution in [0, 0.1) is 11.4 Å². The minimum Gasteiger partial charge on any atom is -0.529 e. The molecule has 0 aliphatic carbocycles. The number of nitrogens with zero attached hydrogens (tertiary/aromatic N) is 2. The summed E-state index contributed by atoms with van der Waals surface area (Å²) in [6.45, 7) is 4.83. The first-order valence-corrected chi connectivity index (χ1v) is 9.96. The van der Waals surface area contributed by atoms with E-state index in [0.717, 1.165) is 24.4 Å². The molecule has 1 aromatic heterocycles. The Hall–Kier alpha value is -3.44. The Morgan fingerprint density at radius 3 is 2.47 bits per heavy atom. The molecule has 2 aromatic rings. The maximum Gasteiger partial charge on any atom is 0.461 e. The Bertz CT molecular complexity index is 1070. The zero-order chi connectivity index (χ0) is 25.5. The zero-order valence-electron chi connectivity index (χ0n) is 18.2. The van der Waals surface area contributed by atoms with Crippen LogP contribution in [0.3, 0.4) is 0 Å². The fourth-order valence-electron chi connectivity index (χ4n) is 4.05. The van der Waals surface area contributed by atoms with E-state index in [9.17, 15) is 36.6 Å². The van der Waals surface area contributed by atoms with Gasteiger partial charge in [-0.25, -0.2) is 9.78 Å². The number of amides is 2. The highest BCUT2D eigenvalue weighted by atomic mass is 19.3. The number of rotatable bonds is 6. The maximum atomic E-state index is 13.4. The van der Waals surface area contributed by atoms with Crippen molar-refractivity contribution in [2.45, 2.75) is 51.4 Å². The molecule has 1 aromatic carbocycles. The number of carbonyl (C=O) groups excluding carboxylic acids is 2. The molecule has 0 radical (unpaired) electrons. The van der Waals surface area contributed by atoms with Crippen LogP contribution in [0.1, 0.15) is 38.0 Å². The monoisotopic (exact) mass is 487 g/mol. The molecule has 1 saturated heterocycles. The first-order chi connectivity index (χ1) is 15.7. The molecule has 34 heavy (non-hydrogen) atoms. The van der Waals surface area contributed by atoms with E-state index in [1.165, 1.54) is 18.2 Å². The predicted octanol–water partition coefficient (Wildman–Crippen LogP) is 4.32. The molecular formula is C22H20F5N2O5-. The second-order valence-electron chi connectivity index (χ2n) is 8.74. The van der Waals surface area contributed by atoms with Crippen LogP contribution in [-0.4, -0.2) is 40.1 Å². The molecule has 1 fully saturated rings. The highest BCUT2D eigenvalue weighted by molar-refractivity contribution is 5.89. The molecule has 2 unspecified atom stereocenters. The summed E-state index contributed by atoms with van der Waals surface area (Å²) >= 11 is 0. The van der Waals surface area contributed by atoms with E-state index >= 15 is 0 Å². The molecule has 3 rings (SSSR count). The summed E-state index contributed by atoms with van der Waals surface area (Å²) in [7, 11) is 0. The van der Waals surface area contributed by atoms with Crippen LogP contribution in [0.2, 0.25) is 0 Å². The van der Waals surface area contributed by atoms with Crippen LogP contribution >= 0.6 is 0 Å². The summed E-state index contributed by atoms with van der Waals surface area (Å²) in [4.78, 5) is 28.6. The average molecular weight is 487 g/mol. The molecular weight excluding hydrogens is 467 g/mol. The average Bonchev–Trinajstić information content (AvgIpc) is 3.01. The van der Waals surface area contributed by atoms with E-state index in [0.29, 0.717) is 4.90 Å². The van der Waals surface area contributed by atoms with Gasteiger partial charge in [0.15, 0.2) is 6.10 Å². The normalized spacial score (nSPS) is 21.0. The van der Waals surface area contributed by atoms with Crippen molar-refractivity contribution in [1.82, 2.24) is 9.88 Å². The third-order valence-electron chi connectivity index (χ3n) is 5.65. The fourth-order valence-corrected chi connectivity index (χ4v) is 4.05. The molecule has 2 atom stereocenters. The van der Waals surface area contributed by atoms with Crippen molar-refractivity contribution in [3.8, 4) is 5.75 Å². The second-order valence-corrected chi connectivity index (χ2v) is 8.74. The van der Waals surface area contributed by atoms with Gasteiger partial charge in [-0.05, 0) is 35.2 Å². The summed E-state index contributed by atoms with van der Waals surface area (Å²) in [6, 6.07) is 6.98. The summed E-state index contributed by atoms with van der Waals surface area (Å²) in [5.41, 5.74) is -2.46. The second kappa shape index (κ2) is 8.73. The Kier molecular flexibility index (Phi) is 6.47. The first kappa shape index (κ1) is 25.2. The summed E-state index contributed by atoms with van der Waals surface area (Å²) in [5, 5.41) is 12.1. The summed E-state index contributed by atoms with van der Waals surface area (Å²) in [5.74, 6) is -1.42. The minimum atomic E-state index is -4.76. The number of hydrogen-bond acceptors (Lipinski definition) is 6. The highest BCUT2D eigenvalue weighted by Crippen LogP contribution is 2.53. The number of halogens is 5. The van der Waals surface area contributed by atoms with Crippen LogP contribution in [0.5, 0.6) is 5.75 Å². The van der Waals surface area contributed by atoms with Gasteiger partial charge in [-0.3, -0.25) is 4.90 Å². The van der Waals surface area contributed by atoms with E-state index in [-0.39, 0.29) is 17.5 Å². The van der Waals surface area contributed by atoms with Crippen LogP contribution in [0.25, 0.3) is 0 Å². The number of imide groups is 1. The van der Waals surface area contributed by atoms with Crippen molar-refractivity contribution in [3.63, 3.8) is 0 Å². The van der Waals surface area contributed by atoms with E-state index < -0.39 is 53.5 Å². The Morgan fingerprint density at radius 1 is 1.26 bits per heavy atom. The minimum absolute atomic E-state index is 0.169. The van der Waals surface area contributed by atoms with Gasteiger partial charge in [0.05, 0.1) is 0 Å². The third kappa shape index (κ3) is 4.48. The van der Waals surface area contributed by atoms with Gasteiger partial charge in [-0.15, -0.1) is 0 Å². The molecule has 0 N–H and O–H groups in total. The molecule has 1 aliphatic heterocycles. The van der Waals surface area contributed by atoms with Crippen molar-refractivity contribution in [3.05, 3.63) is 59.7 Å². The van der Waals surface area contributed by atoms with Gasteiger partial charge in [-0.2, -0.15) is 22.0 Å². The summed E-state index contributed by atoms with van der Waals surface area (Å²) in [6.07, 6.45) is -12.5. The van der Waals surface area contributed by atoms with Crippen molar-refractivity contribution in [2.24, 2.45) is 5.41 Å². The largest absolute Gasteiger partial charge is 0.529 e. The molecule has 0 bridgehead atoms. The number of benzene rings is 1. The van der Waals surface area contributed by atoms with E-state index in [2.05, 4.69) is 9.72 Å². The topological polar surface area (TPSA) is 91.8 Å². The maximum absolute atomic E-state index is 13.4. The third-order valence-corrected chi connectivity index (χ3v) is 5.65. The predicted molar refractivity (Wildman–Crippen MR) is 105 cm³/mol.